The molecule has 1 fully saturated rings. The Morgan fingerprint density at radius 3 is 2.70 bits per heavy atom. The summed E-state index contributed by atoms with van der Waals surface area (Å²) in [6, 6.07) is 0.776. The van der Waals surface area contributed by atoms with Crippen LogP contribution in [0.15, 0.2) is 12.3 Å². The number of carboxylic acid groups (broad SMARTS) is 1. The number of nitrogens with zero attached hydrogens (tertiary/aromatic N) is 1. The van der Waals surface area contributed by atoms with Crippen molar-refractivity contribution in [2.75, 3.05) is 11.9 Å². The van der Waals surface area contributed by atoms with Crippen LogP contribution >= 0.6 is 23.2 Å². The maximum Gasteiger partial charge on any atom is 0.320 e. The monoisotopic (exact) mass is 317 g/mol. The van der Waals surface area contributed by atoms with Gasteiger partial charge in [-0.05, 0) is 24.8 Å². The molecule has 1 aliphatic carbocycles. The van der Waals surface area contributed by atoms with E-state index in [9.17, 15) is 9.59 Å². The van der Waals surface area contributed by atoms with E-state index in [1.54, 1.807) is 0 Å². The van der Waals surface area contributed by atoms with Gasteiger partial charge in [0.2, 0.25) is 5.91 Å². The SMILES string of the molecule is O=C(CNC(C(=O)O)C1CC1)Nc1ncc(Cl)cc1Cl. The maximum absolute atomic E-state index is 11.7. The lowest BCUT2D eigenvalue weighted by atomic mass is 10.2. The van der Waals surface area contributed by atoms with Gasteiger partial charge in [-0.1, -0.05) is 23.2 Å². The molecule has 8 heteroatoms. The first kappa shape index (κ1) is 15.0. The van der Waals surface area contributed by atoms with E-state index in [0.717, 1.165) is 12.8 Å². The molecule has 1 heterocycles. The molecule has 20 heavy (non-hydrogen) atoms. The number of nitrogens with one attached hydrogen (secondary N) is 2. The summed E-state index contributed by atoms with van der Waals surface area (Å²) < 4.78 is 0. The summed E-state index contributed by atoms with van der Waals surface area (Å²) in [6.45, 7) is -0.117. The van der Waals surface area contributed by atoms with E-state index >= 15 is 0 Å². The molecule has 3 N–H and O–H groups in total. The first-order valence-electron chi connectivity index (χ1n) is 6.04. The first-order valence-corrected chi connectivity index (χ1v) is 6.80. The van der Waals surface area contributed by atoms with Crippen molar-refractivity contribution in [2.24, 2.45) is 5.92 Å². The minimum absolute atomic E-state index is 0.109. The Kier molecular flexibility index (Phi) is 4.80. The summed E-state index contributed by atoms with van der Waals surface area (Å²) in [7, 11) is 0. The molecular formula is C12H13Cl2N3O3. The number of pyridine rings is 1. The second kappa shape index (κ2) is 6.39. The van der Waals surface area contributed by atoms with E-state index < -0.39 is 17.9 Å². The summed E-state index contributed by atoms with van der Waals surface area (Å²) in [4.78, 5) is 26.6. The van der Waals surface area contributed by atoms with Crippen LogP contribution < -0.4 is 10.6 Å². The van der Waals surface area contributed by atoms with E-state index in [-0.39, 0.29) is 23.3 Å². The van der Waals surface area contributed by atoms with Crippen molar-refractivity contribution in [3.05, 3.63) is 22.3 Å². The van der Waals surface area contributed by atoms with Crippen LogP contribution in [0.4, 0.5) is 5.82 Å². The Hall–Kier alpha value is -1.37. The molecule has 0 radical (unpaired) electrons. The zero-order valence-electron chi connectivity index (χ0n) is 10.4. The number of hydrogen-bond acceptors (Lipinski definition) is 4. The molecule has 1 unspecified atom stereocenters. The van der Waals surface area contributed by atoms with E-state index in [2.05, 4.69) is 15.6 Å². The van der Waals surface area contributed by atoms with Crippen LogP contribution in [-0.4, -0.2) is 34.6 Å². The first-order chi connectivity index (χ1) is 9.47. The molecule has 2 rings (SSSR count). The van der Waals surface area contributed by atoms with Gasteiger partial charge in [0, 0.05) is 6.20 Å². The predicted octanol–water partition coefficient (Wildman–Crippen LogP) is 1.78. The number of carboxylic acids is 1. The van der Waals surface area contributed by atoms with Gasteiger partial charge in [-0.15, -0.1) is 0 Å². The van der Waals surface area contributed by atoms with Gasteiger partial charge in [0.1, 0.15) is 6.04 Å². The summed E-state index contributed by atoms with van der Waals surface area (Å²) in [5.74, 6) is -1.05. The number of hydrogen-bond donors (Lipinski definition) is 3. The average molecular weight is 318 g/mol. The van der Waals surface area contributed by atoms with Crippen molar-refractivity contribution in [2.45, 2.75) is 18.9 Å². The van der Waals surface area contributed by atoms with Crippen LogP contribution in [0, 0.1) is 5.92 Å². The minimum atomic E-state index is -0.942. The standard InChI is InChI=1S/C12H13Cl2N3O3/c13-7-3-8(14)11(16-4-7)17-9(18)5-15-10(12(19)20)6-1-2-6/h3-4,6,10,15H,1-2,5H2,(H,19,20)(H,16,17,18). The molecule has 1 atom stereocenters. The smallest absolute Gasteiger partial charge is 0.320 e. The van der Waals surface area contributed by atoms with Crippen molar-refractivity contribution in [3.8, 4) is 0 Å². The highest BCUT2D eigenvalue weighted by Gasteiger charge is 2.36. The number of rotatable bonds is 6. The number of aliphatic carboxylic acids is 1. The van der Waals surface area contributed by atoms with Gasteiger partial charge in [0.05, 0.1) is 16.6 Å². The van der Waals surface area contributed by atoms with Crippen molar-refractivity contribution < 1.29 is 14.7 Å². The van der Waals surface area contributed by atoms with E-state index in [0.29, 0.717) is 5.02 Å². The summed E-state index contributed by atoms with van der Waals surface area (Å²) in [5.41, 5.74) is 0. The molecule has 1 aliphatic rings. The van der Waals surface area contributed by atoms with Crippen molar-refractivity contribution >= 4 is 40.9 Å². The fourth-order valence-corrected chi connectivity index (χ4v) is 2.20. The number of amides is 1. The number of carbonyl (C=O) groups is 2. The van der Waals surface area contributed by atoms with E-state index in [4.69, 9.17) is 28.3 Å². The zero-order chi connectivity index (χ0) is 14.7. The number of anilines is 1. The highest BCUT2D eigenvalue weighted by atomic mass is 35.5. The Bertz CT molecular complexity index is 535. The molecule has 1 aromatic rings. The topological polar surface area (TPSA) is 91.3 Å². The number of aromatic nitrogens is 1. The molecule has 0 bridgehead atoms. The van der Waals surface area contributed by atoms with Gasteiger partial charge in [-0.2, -0.15) is 0 Å². The molecule has 1 saturated carbocycles. The fraction of sp³-hybridized carbons (Fsp3) is 0.417. The Morgan fingerprint density at radius 1 is 1.45 bits per heavy atom. The Labute approximate surface area is 125 Å². The quantitative estimate of drug-likeness (QED) is 0.744. The highest BCUT2D eigenvalue weighted by molar-refractivity contribution is 6.36. The third kappa shape index (κ3) is 4.06. The largest absolute Gasteiger partial charge is 0.480 e. The van der Waals surface area contributed by atoms with Gasteiger partial charge >= 0.3 is 5.97 Å². The second-order valence-corrected chi connectivity index (χ2v) is 5.41. The van der Waals surface area contributed by atoms with Crippen LogP contribution in [0.3, 0.4) is 0 Å². The molecule has 1 aromatic heterocycles. The minimum Gasteiger partial charge on any atom is -0.480 e. The molecule has 0 aliphatic heterocycles. The van der Waals surface area contributed by atoms with Gasteiger partial charge in [-0.3, -0.25) is 14.9 Å². The molecule has 6 nitrogen and oxygen atoms in total. The molecule has 0 spiro atoms. The lowest BCUT2D eigenvalue weighted by molar-refractivity contribution is -0.140. The van der Waals surface area contributed by atoms with Crippen LogP contribution in [0.5, 0.6) is 0 Å². The zero-order valence-corrected chi connectivity index (χ0v) is 11.9. The summed E-state index contributed by atoms with van der Waals surface area (Å²) in [6.07, 6.45) is 3.10. The third-order valence-electron chi connectivity index (χ3n) is 2.91. The Morgan fingerprint density at radius 2 is 2.15 bits per heavy atom. The number of carbonyl (C=O) groups excluding carboxylic acids is 1. The maximum atomic E-state index is 11.7. The molecular weight excluding hydrogens is 305 g/mol. The van der Waals surface area contributed by atoms with E-state index in [1.165, 1.54) is 12.3 Å². The van der Waals surface area contributed by atoms with Crippen LogP contribution in [0.1, 0.15) is 12.8 Å². The van der Waals surface area contributed by atoms with Gasteiger partial charge in [0.15, 0.2) is 5.82 Å². The molecule has 108 valence electrons. The van der Waals surface area contributed by atoms with Crippen molar-refractivity contribution in [3.63, 3.8) is 0 Å². The lowest BCUT2D eigenvalue weighted by Gasteiger charge is -2.13. The molecule has 0 aromatic carbocycles. The highest BCUT2D eigenvalue weighted by Crippen LogP contribution is 2.32. The van der Waals surface area contributed by atoms with E-state index in [1.807, 2.05) is 0 Å². The van der Waals surface area contributed by atoms with Gasteiger partial charge in [-0.25, -0.2) is 4.98 Å². The van der Waals surface area contributed by atoms with Crippen molar-refractivity contribution in [1.29, 1.82) is 0 Å². The van der Waals surface area contributed by atoms with Crippen LogP contribution in [0.2, 0.25) is 10.0 Å². The third-order valence-corrected chi connectivity index (χ3v) is 3.40. The van der Waals surface area contributed by atoms with Gasteiger partial charge in [0.25, 0.3) is 0 Å². The lowest BCUT2D eigenvalue weighted by Crippen LogP contribution is -2.42. The predicted molar refractivity (Wildman–Crippen MR) is 75.0 cm³/mol. The Balaban J connectivity index is 1.87. The van der Waals surface area contributed by atoms with Crippen LogP contribution in [-0.2, 0) is 9.59 Å². The summed E-state index contributed by atoms with van der Waals surface area (Å²) in [5, 5.41) is 14.8. The van der Waals surface area contributed by atoms with Gasteiger partial charge < -0.3 is 10.4 Å². The molecule has 0 saturated heterocycles. The molecule has 1 amide bonds. The van der Waals surface area contributed by atoms with Crippen molar-refractivity contribution in [1.82, 2.24) is 10.3 Å². The fourth-order valence-electron chi connectivity index (χ4n) is 1.77. The average Bonchev–Trinajstić information content (AvgIpc) is 3.17. The summed E-state index contributed by atoms with van der Waals surface area (Å²) >= 11 is 11.6. The van der Waals surface area contributed by atoms with Crippen LogP contribution in [0.25, 0.3) is 0 Å². The normalized spacial score (nSPS) is 15.7. The number of halogens is 2. The second-order valence-electron chi connectivity index (χ2n) is 4.57.